The molecule has 3 rings (SSSR count). The molecule has 1 heterocycles. The lowest BCUT2D eigenvalue weighted by Gasteiger charge is -2.47. The predicted molar refractivity (Wildman–Crippen MR) is 107 cm³/mol. The molecule has 2 aliphatic rings. The summed E-state index contributed by atoms with van der Waals surface area (Å²) in [6.45, 7) is 10.4. The van der Waals surface area contributed by atoms with E-state index >= 15 is 0 Å². The van der Waals surface area contributed by atoms with Gasteiger partial charge in [-0.05, 0) is 44.4 Å². The molecule has 2 atom stereocenters. The minimum Gasteiger partial charge on any atom is -0.508 e. The maximum Gasteiger partial charge on any atom is 0.306 e. The molecule has 0 radical (unpaired) electrons. The number of Topliss-reactive ketones (excluding diaryl/α,β-unsaturated/α-hetero) is 1. The summed E-state index contributed by atoms with van der Waals surface area (Å²) in [6, 6.07) is 3.66. The number of benzene rings is 1. The largest absolute Gasteiger partial charge is 0.508 e. The van der Waals surface area contributed by atoms with Gasteiger partial charge in [0.15, 0.2) is 0 Å². The zero-order valence-electron chi connectivity index (χ0n) is 17.6. The average molecular weight is 389 g/mol. The van der Waals surface area contributed by atoms with E-state index in [1.807, 2.05) is 26.8 Å². The lowest BCUT2D eigenvalue weighted by Crippen LogP contribution is -2.47. The predicted octanol–water partition coefficient (Wildman–Crippen LogP) is 4.64. The van der Waals surface area contributed by atoms with Gasteiger partial charge in [0.2, 0.25) is 0 Å². The zero-order valence-corrected chi connectivity index (χ0v) is 17.6. The van der Waals surface area contributed by atoms with Crippen LogP contribution in [0.5, 0.6) is 11.5 Å². The van der Waals surface area contributed by atoms with Crippen LogP contribution in [0.4, 0.5) is 0 Å². The Morgan fingerprint density at radius 1 is 1.36 bits per heavy atom. The molecule has 5 heteroatoms. The van der Waals surface area contributed by atoms with E-state index in [0.717, 1.165) is 24.0 Å². The number of carbonyl (C=O) groups is 2. The standard InChI is InChI=1S/C23H32O5/c1-6-9-27-20(26)13-22(2,3)14-10-18(25)21-16-12-15(24)7-8-17(16)23(4,5)28-19(21)11-14/h10-11,16-17,25H,6-9,12-13H2,1-5H3/t16-,17-/m1/s1. The number of ketones is 1. The van der Waals surface area contributed by atoms with Crippen LogP contribution in [0.2, 0.25) is 0 Å². The van der Waals surface area contributed by atoms with Gasteiger partial charge >= 0.3 is 5.97 Å². The van der Waals surface area contributed by atoms with E-state index in [0.29, 0.717) is 25.2 Å². The van der Waals surface area contributed by atoms with Crippen LogP contribution >= 0.6 is 0 Å². The molecular weight excluding hydrogens is 356 g/mol. The third-order valence-corrected chi connectivity index (χ3v) is 6.26. The summed E-state index contributed by atoms with van der Waals surface area (Å²) in [4.78, 5) is 24.2. The van der Waals surface area contributed by atoms with Gasteiger partial charge in [-0.25, -0.2) is 0 Å². The number of phenolic OH excluding ortho intramolecular Hbond substituents is 1. The Morgan fingerprint density at radius 2 is 2.07 bits per heavy atom. The molecule has 0 spiro atoms. The van der Waals surface area contributed by atoms with Crippen LogP contribution in [0.25, 0.3) is 0 Å². The SMILES string of the molecule is CCCOC(=O)CC(C)(C)c1cc(O)c2c(c1)OC(C)(C)[C@@H]1CCC(=O)C[C@@H]21. The Morgan fingerprint density at radius 3 is 2.75 bits per heavy atom. The first-order chi connectivity index (χ1) is 13.0. The Hall–Kier alpha value is -2.04. The van der Waals surface area contributed by atoms with Crippen molar-refractivity contribution in [2.75, 3.05) is 6.61 Å². The Balaban J connectivity index is 1.95. The van der Waals surface area contributed by atoms with Crippen LogP contribution in [0.1, 0.15) is 83.8 Å². The molecule has 154 valence electrons. The molecule has 1 aromatic rings. The number of rotatable bonds is 5. The van der Waals surface area contributed by atoms with Gasteiger partial charge in [0, 0.05) is 35.7 Å². The van der Waals surface area contributed by atoms with E-state index in [1.165, 1.54) is 0 Å². The van der Waals surface area contributed by atoms with Crippen molar-refractivity contribution in [3.63, 3.8) is 0 Å². The van der Waals surface area contributed by atoms with Crippen molar-refractivity contribution in [2.24, 2.45) is 5.92 Å². The first kappa shape index (κ1) is 20.7. The molecule has 5 nitrogen and oxygen atoms in total. The number of phenols is 1. The lowest BCUT2D eigenvalue weighted by molar-refractivity contribution is -0.145. The highest BCUT2D eigenvalue weighted by atomic mass is 16.5. The van der Waals surface area contributed by atoms with Gasteiger partial charge in [0.05, 0.1) is 13.0 Å². The number of hydrogen-bond donors (Lipinski definition) is 1. The van der Waals surface area contributed by atoms with Crippen LogP contribution in [0.15, 0.2) is 12.1 Å². The summed E-state index contributed by atoms with van der Waals surface area (Å²) in [7, 11) is 0. The molecule has 0 aromatic heterocycles. The molecule has 0 saturated heterocycles. The van der Waals surface area contributed by atoms with Crippen molar-refractivity contribution in [1.29, 1.82) is 0 Å². The average Bonchev–Trinajstić information content (AvgIpc) is 2.58. The minimum absolute atomic E-state index is 0.0216. The van der Waals surface area contributed by atoms with Crippen LogP contribution in [-0.2, 0) is 19.7 Å². The molecule has 1 N–H and O–H groups in total. The number of hydrogen-bond acceptors (Lipinski definition) is 5. The topological polar surface area (TPSA) is 72.8 Å². The van der Waals surface area contributed by atoms with Gasteiger partial charge in [-0.3, -0.25) is 9.59 Å². The van der Waals surface area contributed by atoms with Gasteiger partial charge in [0.1, 0.15) is 22.9 Å². The molecule has 1 aliphatic carbocycles. The maximum absolute atomic E-state index is 12.1. The second-order valence-corrected chi connectivity index (χ2v) is 9.39. The van der Waals surface area contributed by atoms with E-state index in [4.69, 9.17) is 9.47 Å². The fourth-order valence-corrected chi connectivity index (χ4v) is 4.69. The third kappa shape index (κ3) is 3.89. The molecule has 1 aromatic carbocycles. The second kappa shape index (κ2) is 7.41. The molecular formula is C23H32O5. The van der Waals surface area contributed by atoms with E-state index in [9.17, 15) is 14.7 Å². The fraction of sp³-hybridized carbons (Fsp3) is 0.652. The molecule has 1 aliphatic heterocycles. The van der Waals surface area contributed by atoms with Gasteiger partial charge in [-0.1, -0.05) is 20.8 Å². The van der Waals surface area contributed by atoms with Crippen molar-refractivity contribution in [3.05, 3.63) is 23.3 Å². The molecule has 0 bridgehead atoms. The first-order valence-electron chi connectivity index (χ1n) is 10.3. The minimum atomic E-state index is -0.510. The van der Waals surface area contributed by atoms with Crippen molar-refractivity contribution in [1.82, 2.24) is 0 Å². The maximum atomic E-state index is 12.1. The van der Waals surface area contributed by atoms with Crippen LogP contribution in [-0.4, -0.2) is 29.1 Å². The number of fused-ring (bicyclic) bond motifs is 3. The second-order valence-electron chi connectivity index (χ2n) is 9.39. The quantitative estimate of drug-likeness (QED) is 0.744. The molecule has 0 amide bonds. The summed E-state index contributed by atoms with van der Waals surface area (Å²) in [5.74, 6) is 0.961. The van der Waals surface area contributed by atoms with E-state index in [2.05, 4.69) is 13.8 Å². The van der Waals surface area contributed by atoms with Gasteiger partial charge in [-0.2, -0.15) is 0 Å². The Bertz CT molecular complexity index is 777. The lowest BCUT2D eigenvalue weighted by atomic mass is 9.66. The summed E-state index contributed by atoms with van der Waals surface area (Å²) in [5, 5.41) is 10.9. The van der Waals surface area contributed by atoms with Gasteiger partial charge in [0.25, 0.3) is 0 Å². The van der Waals surface area contributed by atoms with Crippen molar-refractivity contribution in [2.45, 2.75) is 83.7 Å². The van der Waals surface area contributed by atoms with E-state index < -0.39 is 11.0 Å². The Kier molecular flexibility index (Phi) is 5.48. The summed E-state index contributed by atoms with van der Waals surface area (Å²) in [6.07, 6.45) is 2.82. The summed E-state index contributed by atoms with van der Waals surface area (Å²) in [5.41, 5.74) is 0.650. The van der Waals surface area contributed by atoms with Gasteiger partial charge in [-0.15, -0.1) is 0 Å². The van der Waals surface area contributed by atoms with Crippen LogP contribution in [0.3, 0.4) is 0 Å². The van der Waals surface area contributed by atoms with Crippen molar-refractivity contribution < 1.29 is 24.2 Å². The molecule has 0 unspecified atom stereocenters. The summed E-state index contributed by atoms with van der Waals surface area (Å²) >= 11 is 0. The monoisotopic (exact) mass is 388 g/mol. The highest BCUT2D eigenvalue weighted by molar-refractivity contribution is 5.81. The highest BCUT2D eigenvalue weighted by Crippen LogP contribution is 2.54. The van der Waals surface area contributed by atoms with Gasteiger partial charge < -0.3 is 14.6 Å². The number of carbonyl (C=O) groups excluding carboxylic acids is 2. The number of ether oxygens (including phenoxy) is 2. The first-order valence-corrected chi connectivity index (χ1v) is 10.3. The van der Waals surface area contributed by atoms with E-state index in [1.54, 1.807) is 6.07 Å². The third-order valence-electron chi connectivity index (χ3n) is 6.26. The van der Waals surface area contributed by atoms with Crippen LogP contribution in [0, 0.1) is 5.92 Å². The summed E-state index contributed by atoms with van der Waals surface area (Å²) < 4.78 is 11.6. The zero-order chi connectivity index (χ0) is 20.7. The van der Waals surface area contributed by atoms with Crippen LogP contribution < -0.4 is 4.74 Å². The molecule has 28 heavy (non-hydrogen) atoms. The van der Waals surface area contributed by atoms with Crippen molar-refractivity contribution >= 4 is 11.8 Å². The normalized spacial score (nSPS) is 23.4. The van der Waals surface area contributed by atoms with E-state index in [-0.39, 0.29) is 35.8 Å². The number of aromatic hydroxyl groups is 1. The fourth-order valence-electron chi connectivity index (χ4n) is 4.69. The molecule has 1 fully saturated rings. The smallest absolute Gasteiger partial charge is 0.306 e. The molecule has 1 saturated carbocycles. The number of esters is 1. The highest BCUT2D eigenvalue weighted by Gasteiger charge is 2.47. The van der Waals surface area contributed by atoms with Crippen molar-refractivity contribution in [3.8, 4) is 11.5 Å². The Labute approximate surface area is 167 Å².